The molecule has 6 nitrogen and oxygen atoms in total. The minimum Gasteiger partial charge on any atom is -0.406 e. The van der Waals surface area contributed by atoms with Gasteiger partial charge in [-0.3, -0.25) is 4.98 Å². The molecule has 0 spiro atoms. The van der Waals surface area contributed by atoms with Crippen LogP contribution in [-0.4, -0.2) is 28.8 Å². The molecule has 1 unspecified atom stereocenters. The number of hydrogen-bond acceptors (Lipinski definition) is 6. The zero-order valence-corrected chi connectivity index (χ0v) is 12.2. The van der Waals surface area contributed by atoms with Crippen molar-refractivity contribution in [2.45, 2.75) is 32.9 Å². The predicted octanol–water partition coefficient (Wildman–Crippen LogP) is 2.16. The molecule has 0 aromatic carbocycles. The Labute approximate surface area is 119 Å². The minimum atomic E-state index is 0.0722. The Hall–Kier alpha value is -1.95. The van der Waals surface area contributed by atoms with E-state index in [1.54, 1.807) is 6.20 Å². The topological polar surface area (TPSA) is 67.1 Å². The van der Waals surface area contributed by atoms with Crippen molar-refractivity contribution in [3.05, 3.63) is 36.0 Å². The summed E-state index contributed by atoms with van der Waals surface area (Å²) in [6, 6.07) is 4.53. The maximum absolute atomic E-state index is 5.70. The maximum atomic E-state index is 5.70. The maximum Gasteiger partial charge on any atom is 0.318 e. The molecule has 2 aromatic heterocycles. The normalized spacial score (nSPS) is 12.3. The summed E-state index contributed by atoms with van der Waals surface area (Å²) in [7, 11) is 1.93. The van der Waals surface area contributed by atoms with Gasteiger partial charge < -0.3 is 14.6 Å². The molecular formula is C14H21N5O. The molecule has 0 amide bonds. The highest BCUT2D eigenvalue weighted by atomic mass is 16.4. The van der Waals surface area contributed by atoms with Crippen molar-refractivity contribution in [3.8, 4) is 0 Å². The zero-order chi connectivity index (χ0) is 14.4. The highest BCUT2D eigenvalue weighted by molar-refractivity contribution is 5.25. The lowest BCUT2D eigenvalue weighted by Gasteiger charge is -2.13. The van der Waals surface area contributed by atoms with Gasteiger partial charge in [0.15, 0.2) is 0 Å². The van der Waals surface area contributed by atoms with E-state index in [1.807, 2.05) is 37.2 Å². The fourth-order valence-electron chi connectivity index (χ4n) is 1.84. The zero-order valence-electron chi connectivity index (χ0n) is 12.2. The number of pyridine rings is 1. The van der Waals surface area contributed by atoms with Crippen LogP contribution in [0.1, 0.15) is 37.8 Å². The molecule has 0 saturated carbocycles. The Kier molecular flexibility index (Phi) is 5.06. The Morgan fingerprint density at radius 2 is 2.25 bits per heavy atom. The van der Waals surface area contributed by atoms with E-state index in [4.69, 9.17) is 4.42 Å². The minimum absolute atomic E-state index is 0.0722. The van der Waals surface area contributed by atoms with Gasteiger partial charge in [0.1, 0.15) is 0 Å². The highest BCUT2D eigenvalue weighted by Crippen LogP contribution is 2.17. The van der Waals surface area contributed by atoms with Crippen molar-refractivity contribution in [2.75, 3.05) is 18.5 Å². The lowest BCUT2D eigenvalue weighted by atomic mass is 10.3. The fourth-order valence-corrected chi connectivity index (χ4v) is 1.84. The molecule has 0 radical (unpaired) electrons. The van der Waals surface area contributed by atoms with Gasteiger partial charge in [0.25, 0.3) is 0 Å². The van der Waals surface area contributed by atoms with E-state index in [0.29, 0.717) is 18.5 Å². The van der Waals surface area contributed by atoms with Gasteiger partial charge in [0.05, 0.1) is 6.04 Å². The van der Waals surface area contributed by atoms with E-state index in [9.17, 15) is 0 Å². The van der Waals surface area contributed by atoms with Gasteiger partial charge in [-0.15, -0.1) is 5.10 Å². The molecule has 20 heavy (non-hydrogen) atoms. The molecule has 0 aliphatic rings. The van der Waals surface area contributed by atoms with Crippen molar-refractivity contribution < 1.29 is 4.42 Å². The standard InChI is InChI=1S/C14H21N5O/c1-4-7-16-11(2)13-17-18-14(20-13)19(3)10-12-6-5-8-15-9-12/h5-6,8-9,11,16H,4,7,10H2,1-3H3. The SMILES string of the molecule is CCCNC(C)c1nnc(N(C)Cc2cccnc2)o1. The van der Waals surface area contributed by atoms with Crippen LogP contribution in [0.15, 0.2) is 28.9 Å². The third-order valence-corrected chi connectivity index (χ3v) is 2.97. The fraction of sp³-hybridized carbons (Fsp3) is 0.500. The first-order valence-electron chi connectivity index (χ1n) is 6.87. The first-order valence-corrected chi connectivity index (χ1v) is 6.87. The quantitative estimate of drug-likeness (QED) is 0.835. The number of hydrogen-bond donors (Lipinski definition) is 1. The molecule has 0 saturated heterocycles. The van der Waals surface area contributed by atoms with Crippen LogP contribution in [0.25, 0.3) is 0 Å². The first-order chi connectivity index (χ1) is 9.70. The summed E-state index contributed by atoms with van der Waals surface area (Å²) < 4.78 is 5.70. The van der Waals surface area contributed by atoms with Gasteiger partial charge in [-0.2, -0.15) is 0 Å². The van der Waals surface area contributed by atoms with E-state index in [-0.39, 0.29) is 6.04 Å². The Bertz CT molecular complexity index is 513. The second-order valence-electron chi connectivity index (χ2n) is 4.82. The number of rotatable bonds is 7. The second kappa shape index (κ2) is 7.00. The van der Waals surface area contributed by atoms with Crippen LogP contribution in [-0.2, 0) is 6.54 Å². The molecule has 0 bridgehead atoms. The van der Waals surface area contributed by atoms with Gasteiger partial charge in [-0.1, -0.05) is 18.1 Å². The van der Waals surface area contributed by atoms with Crippen LogP contribution in [0, 0.1) is 0 Å². The summed E-state index contributed by atoms with van der Waals surface area (Å²) in [5, 5.41) is 11.5. The van der Waals surface area contributed by atoms with Crippen LogP contribution < -0.4 is 10.2 Å². The Morgan fingerprint density at radius 1 is 1.40 bits per heavy atom. The average molecular weight is 275 g/mol. The third-order valence-electron chi connectivity index (χ3n) is 2.97. The van der Waals surface area contributed by atoms with Crippen molar-refractivity contribution >= 4 is 6.01 Å². The molecule has 6 heteroatoms. The first kappa shape index (κ1) is 14.5. The van der Waals surface area contributed by atoms with E-state index < -0.39 is 0 Å². The van der Waals surface area contributed by atoms with Crippen LogP contribution in [0.3, 0.4) is 0 Å². The summed E-state index contributed by atoms with van der Waals surface area (Å²) in [6.45, 7) is 5.77. The Balaban J connectivity index is 1.97. The average Bonchev–Trinajstić information content (AvgIpc) is 2.96. The van der Waals surface area contributed by atoms with Gasteiger partial charge in [-0.25, -0.2) is 0 Å². The van der Waals surface area contributed by atoms with Crippen molar-refractivity contribution in [3.63, 3.8) is 0 Å². The van der Waals surface area contributed by atoms with Crippen molar-refractivity contribution in [1.29, 1.82) is 0 Å². The highest BCUT2D eigenvalue weighted by Gasteiger charge is 2.15. The summed E-state index contributed by atoms with van der Waals surface area (Å²) in [5.74, 6) is 0.617. The molecule has 0 aliphatic carbocycles. The molecule has 108 valence electrons. The molecule has 2 rings (SSSR count). The van der Waals surface area contributed by atoms with E-state index >= 15 is 0 Å². The van der Waals surface area contributed by atoms with E-state index in [1.165, 1.54) is 0 Å². The van der Waals surface area contributed by atoms with Crippen LogP contribution in [0.2, 0.25) is 0 Å². The molecule has 1 atom stereocenters. The van der Waals surface area contributed by atoms with Gasteiger partial charge >= 0.3 is 6.01 Å². The summed E-state index contributed by atoms with van der Waals surface area (Å²) in [4.78, 5) is 6.01. The number of nitrogens with zero attached hydrogens (tertiary/aromatic N) is 4. The largest absolute Gasteiger partial charge is 0.406 e. The number of anilines is 1. The lowest BCUT2D eigenvalue weighted by Crippen LogP contribution is -2.19. The Morgan fingerprint density at radius 3 is 2.95 bits per heavy atom. The summed E-state index contributed by atoms with van der Waals surface area (Å²) in [5.41, 5.74) is 1.10. The lowest BCUT2D eigenvalue weighted by molar-refractivity contribution is 0.416. The van der Waals surface area contributed by atoms with Crippen LogP contribution >= 0.6 is 0 Å². The molecular weight excluding hydrogens is 254 g/mol. The molecule has 2 heterocycles. The van der Waals surface area contributed by atoms with Crippen LogP contribution in [0.4, 0.5) is 6.01 Å². The molecule has 2 aromatic rings. The second-order valence-corrected chi connectivity index (χ2v) is 4.82. The van der Waals surface area contributed by atoms with E-state index in [0.717, 1.165) is 18.5 Å². The van der Waals surface area contributed by atoms with Gasteiger partial charge in [-0.05, 0) is 31.5 Å². The number of nitrogens with one attached hydrogen (secondary N) is 1. The van der Waals surface area contributed by atoms with Gasteiger partial charge in [0, 0.05) is 26.0 Å². The van der Waals surface area contributed by atoms with Crippen molar-refractivity contribution in [1.82, 2.24) is 20.5 Å². The summed E-state index contributed by atoms with van der Waals surface area (Å²) in [6.07, 6.45) is 4.67. The predicted molar refractivity (Wildman–Crippen MR) is 77.4 cm³/mol. The monoisotopic (exact) mass is 275 g/mol. The molecule has 0 aliphatic heterocycles. The molecule has 1 N–H and O–H groups in total. The van der Waals surface area contributed by atoms with Gasteiger partial charge in [0.2, 0.25) is 5.89 Å². The number of aromatic nitrogens is 3. The third kappa shape index (κ3) is 3.77. The molecule has 0 fully saturated rings. The van der Waals surface area contributed by atoms with Crippen molar-refractivity contribution in [2.24, 2.45) is 0 Å². The smallest absolute Gasteiger partial charge is 0.318 e. The van der Waals surface area contributed by atoms with Crippen LogP contribution in [0.5, 0.6) is 0 Å². The summed E-state index contributed by atoms with van der Waals surface area (Å²) >= 11 is 0. The van der Waals surface area contributed by atoms with E-state index in [2.05, 4.69) is 27.4 Å².